The molecule has 4 rings (SSSR count). The minimum atomic E-state index is 0.682. The van der Waals surface area contributed by atoms with E-state index >= 15 is 0 Å². The lowest BCUT2D eigenvalue weighted by atomic mass is 10.2. The van der Waals surface area contributed by atoms with Crippen molar-refractivity contribution in [1.82, 2.24) is 14.6 Å². The molecule has 0 radical (unpaired) electrons. The second-order valence-corrected chi connectivity index (χ2v) is 5.80. The van der Waals surface area contributed by atoms with E-state index in [1.54, 1.807) is 7.11 Å². The zero-order valence-corrected chi connectivity index (χ0v) is 14.0. The summed E-state index contributed by atoms with van der Waals surface area (Å²) in [5, 5.41) is 5.06. The number of aromatic nitrogens is 3. The van der Waals surface area contributed by atoms with E-state index in [1.807, 2.05) is 54.3 Å². The molecule has 7 heteroatoms. The maximum absolute atomic E-state index is 6.12. The zero-order valence-electron chi connectivity index (χ0n) is 13.2. The largest absolute Gasteiger partial charge is 0.497 e. The zero-order chi connectivity index (χ0) is 16.7. The van der Waals surface area contributed by atoms with Crippen molar-refractivity contribution in [2.24, 2.45) is 0 Å². The molecule has 6 nitrogen and oxygen atoms in total. The van der Waals surface area contributed by atoms with Crippen LogP contribution in [-0.2, 0) is 0 Å². The third kappa shape index (κ3) is 2.32. The van der Waals surface area contributed by atoms with Crippen molar-refractivity contribution in [2.45, 2.75) is 0 Å². The van der Waals surface area contributed by atoms with Crippen molar-refractivity contribution in [3.05, 3.63) is 47.6 Å². The standard InChI is InChI=1S/C17H16ClN5O/c1-19-23-16-6-4-11(24-2)8-14(16)21-17(23)22-15-9-20-13-5-3-10(18)7-12(13)15/h3-9,19-20H,1-2H3,(H,21,22). The molecule has 2 heterocycles. The molecule has 3 N–H and O–H groups in total. The van der Waals surface area contributed by atoms with Gasteiger partial charge < -0.3 is 20.5 Å². The molecule has 0 aliphatic carbocycles. The second kappa shape index (κ2) is 5.65. The number of fused-ring (bicyclic) bond motifs is 2. The fraction of sp³-hybridized carbons (Fsp3) is 0.118. The number of aromatic amines is 1. The number of anilines is 2. The van der Waals surface area contributed by atoms with E-state index in [0.29, 0.717) is 11.0 Å². The number of nitrogens with zero attached hydrogens (tertiary/aromatic N) is 2. The van der Waals surface area contributed by atoms with Crippen LogP contribution in [0, 0.1) is 0 Å². The van der Waals surface area contributed by atoms with Gasteiger partial charge in [-0.05, 0) is 30.3 Å². The molecule has 0 spiro atoms. The first-order valence-corrected chi connectivity index (χ1v) is 7.85. The van der Waals surface area contributed by atoms with Crippen molar-refractivity contribution in [3.8, 4) is 5.75 Å². The molecule has 0 fully saturated rings. The van der Waals surface area contributed by atoms with Crippen LogP contribution >= 0.6 is 11.6 Å². The number of benzene rings is 2. The van der Waals surface area contributed by atoms with Crippen LogP contribution in [0.25, 0.3) is 21.9 Å². The van der Waals surface area contributed by atoms with Crippen LogP contribution in [0.4, 0.5) is 11.6 Å². The van der Waals surface area contributed by atoms with E-state index in [0.717, 1.165) is 33.4 Å². The van der Waals surface area contributed by atoms with Crippen molar-refractivity contribution in [2.75, 3.05) is 24.9 Å². The van der Waals surface area contributed by atoms with Crippen LogP contribution in [0.1, 0.15) is 0 Å². The Balaban J connectivity index is 1.82. The summed E-state index contributed by atoms with van der Waals surface area (Å²) in [5.41, 5.74) is 6.86. The minimum Gasteiger partial charge on any atom is -0.497 e. The van der Waals surface area contributed by atoms with Crippen LogP contribution in [0.2, 0.25) is 5.02 Å². The Labute approximate surface area is 143 Å². The van der Waals surface area contributed by atoms with Crippen LogP contribution in [0.3, 0.4) is 0 Å². The van der Waals surface area contributed by atoms with E-state index in [-0.39, 0.29) is 0 Å². The summed E-state index contributed by atoms with van der Waals surface area (Å²) in [6.45, 7) is 0. The van der Waals surface area contributed by atoms with Crippen molar-refractivity contribution in [1.29, 1.82) is 0 Å². The fourth-order valence-electron chi connectivity index (χ4n) is 2.81. The highest BCUT2D eigenvalue weighted by Gasteiger charge is 2.13. The van der Waals surface area contributed by atoms with Crippen LogP contribution in [0.5, 0.6) is 5.75 Å². The molecule has 4 aromatic rings. The maximum atomic E-state index is 6.12. The molecular weight excluding hydrogens is 326 g/mol. The van der Waals surface area contributed by atoms with Gasteiger partial charge in [-0.25, -0.2) is 9.66 Å². The van der Waals surface area contributed by atoms with Crippen molar-refractivity contribution >= 4 is 45.2 Å². The first-order chi connectivity index (χ1) is 11.7. The SMILES string of the molecule is CNn1c(Nc2c[nH]c3ccc(Cl)cc23)nc2cc(OC)ccc21. The first-order valence-electron chi connectivity index (χ1n) is 7.47. The molecule has 0 atom stereocenters. The third-order valence-electron chi connectivity index (χ3n) is 3.98. The summed E-state index contributed by atoms with van der Waals surface area (Å²) in [4.78, 5) is 7.89. The summed E-state index contributed by atoms with van der Waals surface area (Å²) in [7, 11) is 3.49. The summed E-state index contributed by atoms with van der Waals surface area (Å²) in [6, 6.07) is 11.5. The Kier molecular flexibility index (Phi) is 3.46. The number of hydrogen-bond donors (Lipinski definition) is 3. The monoisotopic (exact) mass is 341 g/mol. The van der Waals surface area contributed by atoms with Crippen molar-refractivity contribution < 1.29 is 4.74 Å². The predicted octanol–water partition coefficient (Wildman–Crippen LogP) is 4.10. The number of ether oxygens (including phenoxy) is 1. The van der Waals surface area contributed by atoms with Gasteiger partial charge in [-0.15, -0.1) is 0 Å². The van der Waals surface area contributed by atoms with Gasteiger partial charge in [-0.2, -0.15) is 0 Å². The van der Waals surface area contributed by atoms with E-state index in [1.165, 1.54) is 0 Å². The molecule has 0 aliphatic rings. The molecule has 122 valence electrons. The van der Waals surface area contributed by atoms with Gasteiger partial charge in [0.1, 0.15) is 5.75 Å². The van der Waals surface area contributed by atoms with Gasteiger partial charge in [0.05, 0.1) is 23.8 Å². The van der Waals surface area contributed by atoms with Gasteiger partial charge in [-0.1, -0.05) is 11.6 Å². The lowest BCUT2D eigenvalue weighted by Crippen LogP contribution is -2.11. The number of hydrogen-bond acceptors (Lipinski definition) is 4. The van der Waals surface area contributed by atoms with Crippen molar-refractivity contribution in [3.63, 3.8) is 0 Å². The summed E-state index contributed by atoms with van der Waals surface area (Å²) in [6.07, 6.45) is 1.90. The number of imidazole rings is 1. The van der Waals surface area contributed by atoms with Gasteiger partial charge in [0, 0.05) is 35.2 Å². The Morgan fingerprint density at radius 3 is 2.88 bits per heavy atom. The van der Waals surface area contributed by atoms with Gasteiger partial charge in [0.15, 0.2) is 0 Å². The number of rotatable bonds is 4. The molecule has 0 amide bonds. The third-order valence-corrected chi connectivity index (χ3v) is 4.21. The molecule has 24 heavy (non-hydrogen) atoms. The highest BCUT2D eigenvalue weighted by molar-refractivity contribution is 6.31. The number of nitrogens with one attached hydrogen (secondary N) is 3. The van der Waals surface area contributed by atoms with Gasteiger partial charge in [-0.3, -0.25) is 0 Å². The highest BCUT2D eigenvalue weighted by atomic mass is 35.5. The lowest BCUT2D eigenvalue weighted by molar-refractivity contribution is 0.415. The van der Waals surface area contributed by atoms with E-state index in [2.05, 4.69) is 20.7 Å². The predicted molar refractivity (Wildman–Crippen MR) is 98.2 cm³/mol. The summed E-state index contributed by atoms with van der Waals surface area (Å²) < 4.78 is 7.16. The number of methoxy groups -OCH3 is 1. The Bertz CT molecular complexity index is 1040. The number of H-pyrrole nitrogens is 1. The van der Waals surface area contributed by atoms with Crippen LogP contribution in [-0.4, -0.2) is 28.8 Å². The molecule has 0 aliphatic heterocycles. The van der Waals surface area contributed by atoms with Gasteiger partial charge in [0.2, 0.25) is 5.95 Å². The highest BCUT2D eigenvalue weighted by Crippen LogP contribution is 2.30. The molecule has 0 saturated heterocycles. The number of halogens is 1. The molecule has 2 aromatic heterocycles. The summed E-state index contributed by atoms with van der Waals surface area (Å²) in [5.74, 6) is 1.45. The van der Waals surface area contributed by atoms with E-state index < -0.39 is 0 Å². The van der Waals surface area contributed by atoms with Gasteiger partial charge in [0.25, 0.3) is 0 Å². The average Bonchev–Trinajstić information content (AvgIpc) is 3.15. The molecule has 0 unspecified atom stereocenters. The van der Waals surface area contributed by atoms with E-state index in [9.17, 15) is 0 Å². The average molecular weight is 342 g/mol. The summed E-state index contributed by atoms with van der Waals surface area (Å²) >= 11 is 6.12. The van der Waals surface area contributed by atoms with Crippen LogP contribution in [0.15, 0.2) is 42.6 Å². The molecular formula is C17H16ClN5O. The Hall–Kier alpha value is -2.86. The fourth-order valence-corrected chi connectivity index (χ4v) is 2.99. The van der Waals surface area contributed by atoms with Crippen LogP contribution < -0.4 is 15.5 Å². The second-order valence-electron chi connectivity index (χ2n) is 5.37. The quantitative estimate of drug-likeness (QED) is 0.523. The minimum absolute atomic E-state index is 0.682. The smallest absolute Gasteiger partial charge is 0.227 e. The molecule has 0 bridgehead atoms. The first kappa shape index (κ1) is 14.7. The Morgan fingerprint density at radius 1 is 1.21 bits per heavy atom. The van der Waals surface area contributed by atoms with Gasteiger partial charge >= 0.3 is 0 Å². The maximum Gasteiger partial charge on any atom is 0.227 e. The Morgan fingerprint density at radius 2 is 2.08 bits per heavy atom. The lowest BCUT2D eigenvalue weighted by Gasteiger charge is -2.09. The topological polar surface area (TPSA) is 66.9 Å². The normalized spacial score (nSPS) is 11.1. The molecule has 2 aromatic carbocycles. The molecule has 0 saturated carbocycles. The van der Waals surface area contributed by atoms with E-state index in [4.69, 9.17) is 16.3 Å².